The first-order chi connectivity index (χ1) is 10.6. The molecule has 0 aliphatic carbocycles. The second kappa shape index (κ2) is 4.84. The van der Waals surface area contributed by atoms with Gasteiger partial charge in [0.2, 0.25) is 0 Å². The molecule has 0 fully saturated rings. The fourth-order valence-corrected chi connectivity index (χ4v) is 7.93. The van der Waals surface area contributed by atoms with Gasteiger partial charge in [-0.1, -0.05) is 65.8 Å². The van der Waals surface area contributed by atoms with Crippen LogP contribution in [-0.4, -0.2) is 14.5 Å². The van der Waals surface area contributed by atoms with E-state index in [2.05, 4.69) is 41.5 Å². The zero-order valence-corrected chi connectivity index (χ0v) is 15.7. The number of carbonyl (C=O) groups excluding carboxylic acids is 1. The van der Waals surface area contributed by atoms with Crippen LogP contribution in [0.15, 0.2) is 36.4 Å². The van der Waals surface area contributed by atoms with Gasteiger partial charge < -0.3 is 8.85 Å². The van der Waals surface area contributed by atoms with E-state index in [0.717, 1.165) is 10.8 Å². The van der Waals surface area contributed by atoms with Crippen molar-refractivity contribution in [2.45, 2.75) is 51.6 Å². The summed E-state index contributed by atoms with van der Waals surface area (Å²) in [5.74, 6) is 0.407. The van der Waals surface area contributed by atoms with E-state index in [0.29, 0.717) is 11.3 Å². The van der Waals surface area contributed by atoms with Crippen LogP contribution in [0, 0.1) is 0 Å². The number of benzene rings is 2. The molecule has 0 atom stereocenters. The molecule has 0 unspecified atom stereocenters. The van der Waals surface area contributed by atoms with Crippen LogP contribution in [0.4, 0.5) is 0 Å². The van der Waals surface area contributed by atoms with E-state index in [9.17, 15) is 4.79 Å². The quantitative estimate of drug-likeness (QED) is 0.605. The summed E-state index contributed by atoms with van der Waals surface area (Å²) < 4.78 is 12.6. The smallest absolute Gasteiger partial charge is 0.473 e. The molecule has 0 spiro atoms. The Balaban J connectivity index is 2.23. The zero-order valence-electron chi connectivity index (χ0n) is 14.7. The molecule has 0 saturated heterocycles. The minimum absolute atomic E-state index is 0.232. The van der Waals surface area contributed by atoms with Crippen molar-refractivity contribution in [3.63, 3.8) is 0 Å². The van der Waals surface area contributed by atoms with Crippen LogP contribution >= 0.6 is 0 Å². The van der Waals surface area contributed by atoms with Gasteiger partial charge in [0.1, 0.15) is 5.75 Å². The van der Waals surface area contributed by atoms with Crippen LogP contribution in [0.3, 0.4) is 0 Å². The number of rotatable bonds is 0. The van der Waals surface area contributed by atoms with Gasteiger partial charge in [-0.3, -0.25) is 0 Å². The Labute approximate surface area is 138 Å². The Hall–Kier alpha value is -1.81. The minimum atomic E-state index is -2.84. The first-order valence-electron chi connectivity index (χ1n) is 8.00. The molecule has 1 aliphatic heterocycles. The highest BCUT2D eigenvalue weighted by Gasteiger charge is 2.64. The maximum Gasteiger partial charge on any atom is 0.473 e. The lowest BCUT2D eigenvalue weighted by Crippen LogP contribution is -2.62. The van der Waals surface area contributed by atoms with E-state index >= 15 is 0 Å². The summed E-state index contributed by atoms with van der Waals surface area (Å²) in [7, 11) is -2.84. The molecule has 0 saturated carbocycles. The van der Waals surface area contributed by atoms with Gasteiger partial charge in [0.15, 0.2) is 0 Å². The lowest BCUT2D eigenvalue weighted by atomic mass is 10.1. The summed E-state index contributed by atoms with van der Waals surface area (Å²) in [4.78, 5) is 12.8. The molecule has 0 N–H and O–H groups in total. The lowest BCUT2D eigenvalue weighted by molar-refractivity contribution is 0.0605. The Kier molecular flexibility index (Phi) is 3.38. The molecule has 2 aromatic carbocycles. The van der Waals surface area contributed by atoms with Crippen molar-refractivity contribution in [1.29, 1.82) is 0 Å². The van der Waals surface area contributed by atoms with E-state index in [1.165, 1.54) is 0 Å². The van der Waals surface area contributed by atoms with E-state index in [4.69, 9.17) is 8.85 Å². The normalized spacial score (nSPS) is 17.4. The third-order valence-electron chi connectivity index (χ3n) is 4.53. The van der Waals surface area contributed by atoms with Crippen LogP contribution in [0.1, 0.15) is 51.9 Å². The molecule has 0 bridgehead atoms. The van der Waals surface area contributed by atoms with Crippen LogP contribution < -0.4 is 4.43 Å². The highest BCUT2D eigenvalue weighted by Crippen LogP contribution is 2.54. The Bertz CT molecular complexity index is 767. The number of carbonyl (C=O) groups is 1. The van der Waals surface area contributed by atoms with E-state index in [1.54, 1.807) is 0 Å². The van der Waals surface area contributed by atoms with Gasteiger partial charge in [-0.25, -0.2) is 4.79 Å². The monoisotopic (exact) mass is 328 g/mol. The van der Waals surface area contributed by atoms with Crippen LogP contribution in [0.5, 0.6) is 5.75 Å². The molecule has 0 aromatic heterocycles. The molecule has 0 amide bonds. The predicted octanol–water partition coefficient (Wildman–Crippen LogP) is 5.43. The van der Waals surface area contributed by atoms with Gasteiger partial charge in [-0.05, 0) is 22.9 Å². The van der Waals surface area contributed by atoms with Gasteiger partial charge in [-0.2, -0.15) is 0 Å². The second-order valence-corrected chi connectivity index (χ2v) is 12.9. The molecule has 3 nitrogen and oxygen atoms in total. The van der Waals surface area contributed by atoms with Crippen molar-refractivity contribution in [3.8, 4) is 5.75 Å². The van der Waals surface area contributed by atoms with Gasteiger partial charge in [0.25, 0.3) is 0 Å². The fraction of sp³-hybridized carbons (Fsp3) is 0.421. The summed E-state index contributed by atoms with van der Waals surface area (Å²) in [6.45, 7) is 12.6. The number of hydrogen-bond acceptors (Lipinski definition) is 3. The largest absolute Gasteiger partial charge is 0.510 e. The average Bonchev–Trinajstić information content (AvgIpc) is 2.43. The lowest BCUT2D eigenvalue weighted by Gasteiger charge is -2.49. The summed E-state index contributed by atoms with van der Waals surface area (Å²) in [6, 6.07) is 11.8. The van der Waals surface area contributed by atoms with Crippen LogP contribution in [-0.2, 0) is 4.43 Å². The Morgan fingerprint density at radius 2 is 1.35 bits per heavy atom. The molecular weight excluding hydrogens is 304 g/mol. The van der Waals surface area contributed by atoms with Crippen molar-refractivity contribution in [2.75, 3.05) is 0 Å². The molecule has 0 radical (unpaired) electrons. The van der Waals surface area contributed by atoms with Crippen molar-refractivity contribution in [1.82, 2.24) is 0 Å². The first-order valence-corrected chi connectivity index (χ1v) is 9.82. The molecule has 4 heteroatoms. The molecule has 1 aliphatic rings. The molecule has 2 aromatic rings. The summed E-state index contributed by atoms with van der Waals surface area (Å²) >= 11 is 0. The van der Waals surface area contributed by atoms with Crippen LogP contribution in [0.2, 0.25) is 10.1 Å². The third kappa shape index (κ3) is 2.36. The molecule has 23 heavy (non-hydrogen) atoms. The second-order valence-electron chi connectivity index (χ2n) is 8.30. The molecule has 1 heterocycles. The maximum atomic E-state index is 12.8. The number of fused-ring (bicyclic) bond motifs is 2. The Morgan fingerprint density at radius 1 is 0.826 bits per heavy atom. The highest BCUT2D eigenvalue weighted by molar-refractivity contribution is 6.76. The fourth-order valence-electron chi connectivity index (χ4n) is 3.56. The molecular formula is C19H24O3Si. The van der Waals surface area contributed by atoms with E-state index in [1.807, 2.05) is 36.4 Å². The highest BCUT2D eigenvalue weighted by atomic mass is 28.4. The summed E-state index contributed by atoms with van der Waals surface area (Å²) in [5, 5.41) is 1.63. The average molecular weight is 328 g/mol. The minimum Gasteiger partial charge on any atom is -0.510 e. The number of hydrogen-bond donors (Lipinski definition) is 0. The van der Waals surface area contributed by atoms with Crippen molar-refractivity contribution in [2.24, 2.45) is 0 Å². The molecule has 3 rings (SSSR count). The van der Waals surface area contributed by atoms with Crippen LogP contribution in [0.25, 0.3) is 10.8 Å². The van der Waals surface area contributed by atoms with E-state index < -0.39 is 8.56 Å². The van der Waals surface area contributed by atoms with Gasteiger partial charge in [-0.15, -0.1) is 0 Å². The van der Waals surface area contributed by atoms with Gasteiger partial charge >= 0.3 is 14.5 Å². The first kappa shape index (κ1) is 16.1. The van der Waals surface area contributed by atoms with Crippen molar-refractivity contribution < 1.29 is 13.6 Å². The SMILES string of the molecule is CC(C)(C)[Si]1(C(C)(C)C)OC(=O)c2cc3ccccc3cc2O1. The topological polar surface area (TPSA) is 35.5 Å². The van der Waals surface area contributed by atoms with Crippen molar-refractivity contribution in [3.05, 3.63) is 42.0 Å². The Morgan fingerprint density at radius 3 is 1.87 bits per heavy atom. The van der Waals surface area contributed by atoms with Gasteiger partial charge in [0, 0.05) is 10.1 Å². The predicted molar refractivity (Wildman–Crippen MR) is 95.2 cm³/mol. The summed E-state index contributed by atoms with van der Waals surface area (Å²) in [5.41, 5.74) is 0.528. The van der Waals surface area contributed by atoms with E-state index in [-0.39, 0.29) is 16.0 Å². The molecule has 122 valence electrons. The standard InChI is InChI=1S/C19H24O3Si/c1-18(2,3)23(19(4,5)6)21-16-12-14-10-8-7-9-13(14)11-15(16)17(20)22-23/h7-12H,1-6H3. The van der Waals surface area contributed by atoms with Gasteiger partial charge in [0.05, 0.1) is 5.56 Å². The summed E-state index contributed by atoms with van der Waals surface area (Å²) in [6.07, 6.45) is 0. The zero-order chi connectivity index (χ0) is 17.0. The van der Waals surface area contributed by atoms with Crippen molar-refractivity contribution >= 4 is 25.3 Å². The maximum absolute atomic E-state index is 12.8. The third-order valence-corrected chi connectivity index (χ3v) is 9.46.